The maximum Gasteiger partial charge on any atom is 0.416 e. The van der Waals surface area contributed by atoms with Crippen molar-refractivity contribution in [2.24, 2.45) is 7.05 Å². The fourth-order valence-corrected chi connectivity index (χ4v) is 2.89. The van der Waals surface area contributed by atoms with Crippen molar-refractivity contribution in [3.8, 4) is 0 Å². The quantitative estimate of drug-likeness (QED) is 0.919. The van der Waals surface area contributed by atoms with Gasteiger partial charge < -0.3 is 9.88 Å². The average molecular weight is 297 g/mol. The van der Waals surface area contributed by atoms with Crippen molar-refractivity contribution in [3.05, 3.63) is 35.5 Å². The fraction of sp³-hybridized carbons (Fsp3) is 0.467. The largest absolute Gasteiger partial charge is 0.416 e. The number of hydrogen-bond acceptors (Lipinski definition) is 2. The lowest BCUT2D eigenvalue weighted by molar-refractivity contribution is -0.137. The minimum absolute atomic E-state index is 0.581. The first kappa shape index (κ1) is 14.4. The minimum atomic E-state index is -4.30. The van der Waals surface area contributed by atoms with Crippen molar-refractivity contribution in [2.45, 2.75) is 12.7 Å². The molecule has 1 aromatic carbocycles. The molecule has 2 heterocycles. The SMILES string of the molecule is Cn1cc(CN2CCNCC2)c2cc(C(F)(F)F)ccc21. The molecule has 0 spiro atoms. The summed E-state index contributed by atoms with van der Waals surface area (Å²) < 4.78 is 40.6. The number of piperazine rings is 1. The second-order valence-corrected chi connectivity index (χ2v) is 5.52. The molecule has 0 unspecified atom stereocenters. The van der Waals surface area contributed by atoms with Crippen molar-refractivity contribution >= 4 is 10.9 Å². The molecular formula is C15H18F3N3. The molecule has 2 aromatic rings. The van der Waals surface area contributed by atoms with E-state index in [0.29, 0.717) is 11.9 Å². The summed E-state index contributed by atoms with van der Waals surface area (Å²) in [6.45, 7) is 4.40. The van der Waals surface area contributed by atoms with E-state index in [0.717, 1.165) is 43.3 Å². The average Bonchev–Trinajstić information content (AvgIpc) is 2.75. The third-order valence-corrected chi connectivity index (χ3v) is 4.00. The van der Waals surface area contributed by atoms with E-state index in [9.17, 15) is 13.2 Å². The maximum absolute atomic E-state index is 12.9. The van der Waals surface area contributed by atoms with E-state index >= 15 is 0 Å². The molecule has 114 valence electrons. The molecule has 1 fully saturated rings. The molecule has 1 aromatic heterocycles. The van der Waals surface area contributed by atoms with Crippen LogP contribution in [0.2, 0.25) is 0 Å². The molecule has 3 nitrogen and oxygen atoms in total. The summed E-state index contributed by atoms with van der Waals surface area (Å²) >= 11 is 0. The number of alkyl halides is 3. The molecule has 1 aliphatic heterocycles. The van der Waals surface area contributed by atoms with Crippen LogP contribution in [-0.4, -0.2) is 35.6 Å². The lowest BCUT2D eigenvalue weighted by Crippen LogP contribution is -2.42. The molecular weight excluding hydrogens is 279 g/mol. The second-order valence-electron chi connectivity index (χ2n) is 5.52. The summed E-state index contributed by atoms with van der Waals surface area (Å²) in [6, 6.07) is 3.98. The van der Waals surface area contributed by atoms with Gasteiger partial charge in [-0.3, -0.25) is 4.90 Å². The van der Waals surface area contributed by atoms with Crippen LogP contribution in [0.1, 0.15) is 11.1 Å². The van der Waals surface area contributed by atoms with Crippen LogP contribution in [-0.2, 0) is 19.8 Å². The molecule has 6 heteroatoms. The molecule has 0 atom stereocenters. The van der Waals surface area contributed by atoms with Crippen molar-refractivity contribution in [1.29, 1.82) is 0 Å². The number of rotatable bonds is 2. The fourth-order valence-electron chi connectivity index (χ4n) is 2.89. The molecule has 1 aliphatic rings. The molecule has 0 bridgehead atoms. The number of nitrogens with one attached hydrogen (secondary N) is 1. The van der Waals surface area contributed by atoms with Crippen molar-refractivity contribution in [3.63, 3.8) is 0 Å². The van der Waals surface area contributed by atoms with E-state index in [4.69, 9.17) is 0 Å². The number of aryl methyl sites for hydroxylation is 1. The highest BCUT2D eigenvalue weighted by atomic mass is 19.4. The zero-order valence-corrected chi connectivity index (χ0v) is 11.9. The number of aromatic nitrogens is 1. The lowest BCUT2D eigenvalue weighted by Gasteiger charge is -2.26. The van der Waals surface area contributed by atoms with Crippen molar-refractivity contribution < 1.29 is 13.2 Å². The van der Waals surface area contributed by atoms with E-state index in [1.807, 2.05) is 17.8 Å². The predicted molar refractivity (Wildman–Crippen MR) is 76.1 cm³/mol. The summed E-state index contributed by atoms with van der Waals surface area (Å²) in [6.07, 6.45) is -2.36. The monoisotopic (exact) mass is 297 g/mol. The first-order valence-electron chi connectivity index (χ1n) is 7.03. The van der Waals surface area contributed by atoms with Crippen molar-refractivity contribution in [1.82, 2.24) is 14.8 Å². The van der Waals surface area contributed by atoms with Gasteiger partial charge in [0.1, 0.15) is 0 Å². The molecule has 0 saturated carbocycles. The predicted octanol–water partition coefficient (Wildman–Crippen LogP) is 2.60. The van der Waals surface area contributed by atoms with E-state index in [-0.39, 0.29) is 0 Å². The maximum atomic E-state index is 12.9. The van der Waals surface area contributed by atoms with Crippen LogP contribution < -0.4 is 5.32 Å². The van der Waals surface area contributed by atoms with E-state index in [2.05, 4.69) is 10.2 Å². The van der Waals surface area contributed by atoms with Crippen molar-refractivity contribution in [2.75, 3.05) is 26.2 Å². The summed E-state index contributed by atoms with van der Waals surface area (Å²) in [7, 11) is 1.87. The number of benzene rings is 1. The molecule has 0 aliphatic carbocycles. The highest BCUT2D eigenvalue weighted by molar-refractivity contribution is 5.84. The Labute approximate surface area is 121 Å². The van der Waals surface area contributed by atoms with Gasteiger partial charge in [0.2, 0.25) is 0 Å². The Balaban J connectivity index is 1.97. The highest BCUT2D eigenvalue weighted by Crippen LogP contribution is 2.33. The number of hydrogen-bond donors (Lipinski definition) is 1. The van der Waals surface area contributed by atoms with Gasteiger partial charge in [-0.05, 0) is 23.8 Å². The second kappa shape index (κ2) is 5.35. The molecule has 3 rings (SSSR count). The summed E-state index contributed by atoms with van der Waals surface area (Å²) in [4.78, 5) is 2.27. The van der Waals surface area contributed by atoms with Gasteiger partial charge in [-0.2, -0.15) is 13.2 Å². The summed E-state index contributed by atoms with van der Waals surface area (Å²) in [5.74, 6) is 0. The normalized spacial score (nSPS) is 17.5. The lowest BCUT2D eigenvalue weighted by atomic mass is 10.1. The first-order chi connectivity index (χ1) is 9.95. The third-order valence-electron chi connectivity index (χ3n) is 4.00. The van der Waals surface area contributed by atoms with Gasteiger partial charge >= 0.3 is 6.18 Å². The number of halogens is 3. The third kappa shape index (κ3) is 2.91. The Kier molecular flexibility index (Phi) is 3.67. The zero-order valence-electron chi connectivity index (χ0n) is 11.9. The van der Waals surface area contributed by atoms with Crippen LogP contribution in [0.5, 0.6) is 0 Å². The Morgan fingerprint density at radius 1 is 1.19 bits per heavy atom. The van der Waals surface area contributed by atoms with Gasteiger partial charge in [0, 0.05) is 56.9 Å². The van der Waals surface area contributed by atoms with Crippen LogP contribution in [0.25, 0.3) is 10.9 Å². The Bertz CT molecular complexity index is 639. The van der Waals surface area contributed by atoms with Gasteiger partial charge in [0.25, 0.3) is 0 Å². The Morgan fingerprint density at radius 2 is 1.90 bits per heavy atom. The molecule has 0 amide bonds. The van der Waals surface area contributed by atoms with Crippen LogP contribution in [0.15, 0.2) is 24.4 Å². The molecule has 21 heavy (non-hydrogen) atoms. The smallest absolute Gasteiger partial charge is 0.350 e. The number of nitrogens with zero attached hydrogens (tertiary/aromatic N) is 2. The highest BCUT2D eigenvalue weighted by Gasteiger charge is 2.31. The van der Waals surface area contributed by atoms with Gasteiger partial charge in [0.15, 0.2) is 0 Å². The zero-order chi connectivity index (χ0) is 15.0. The first-order valence-corrected chi connectivity index (χ1v) is 7.03. The Hall–Kier alpha value is -1.53. The van der Waals surface area contributed by atoms with Gasteiger partial charge in [-0.1, -0.05) is 0 Å². The van der Waals surface area contributed by atoms with Crippen LogP contribution in [0.4, 0.5) is 13.2 Å². The van der Waals surface area contributed by atoms with Gasteiger partial charge in [-0.25, -0.2) is 0 Å². The standard InChI is InChI=1S/C15H18F3N3/c1-20-9-11(10-21-6-4-19-5-7-21)13-8-12(15(16,17)18)2-3-14(13)20/h2-3,8-9,19H,4-7,10H2,1H3. The minimum Gasteiger partial charge on any atom is -0.350 e. The summed E-state index contributed by atoms with van der Waals surface area (Å²) in [5.41, 5.74) is 1.22. The van der Waals surface area contributed by atoms with Gasteiger partial charge in [-0.15, -0.1) is 0 Å². The van der Waals surface area contributed by atoms with Crippen LogP contribution in [0.3, 0.4) is 0 Å². The van der Waals surface area contributed by atoms with E-state index in [1.165, 1.54) is 6.07 Å². The number of fused-ring (bicyclic) bond motifs is 1. The molecule has 1 N–H and O–H groups in total. The topological polar surface area (TPSA) is 20.2 Å². The Morgan fingerprint density at radius 3 is 2.57 bits per heavy atom. The summed E-state index contributed by atoms with van der Waals surface area (Å²) in [5, 5.41) is 3.98. The van der Waals surface area contributed by atoms with Gasteiger partial charge in [0.05, 0.1) is 5.56 Å². The van der Waals surface area contributed by atoms with E-state index in [1.54, 1.807) is 6.07 Å². The van der Waals surface area contributed by atoms with Crippen LogP contribution in [0, 0.1) is 0 Å². The molecule has 1 saturated heterocycles. The molecule has 0 radical (unpaired) electrons. The van der Waals surface area contributed by atoms with Crippen LogP contribution >= 0.6 is 0 Å². The van der Waals surface area contributed by atoms with E-state index < -0.39 is 11.7 Å².